The van der Waals surface area contributed by atoms with E-state index in [1.54, 1.807) is 0 Å². The number of carbonyl (C=O) groups excluding carboxylic acids is 1. The number of nitriles is 1. The van der Waals surface area contributed by atoms with Crippen LogP contribution in [0, 0.1) is 18.3 Å². The molecule has 0 unspecified atom stereocenters. The second-order valence-electron chi connectivity index (χ2n) is 7.46. The quantitative estimate of drug-likeness (QED) is 0.807. The normalized spacial score (nSPS) is 28.2. The molecular weight excluding hydrogens is 336 g/mol. The highest BCUT2D eigenvalue weighted by Crippen LogP contribution is 2.31. The summed E-state index contributed by atoms with van der Waals surface area (Å²) in [5.41, 5.74) is 7.86. The third-order valence-electron chi connectivity index (χ3n) is 5.87. The predicted molar refractivity (Wildman–Crippen MR) is 94.4 cm³/mol. The molecule has 0 aliphatic carbocycles. The van der Waals surface area contributed by atoms with Gasteiger partial charge < -0.3 is 14.7 Å². The van der Waals surface area contributed by atoms with E-state index >= 15 is 0 Å². The molecule has 0 aromatic carbocycles. The predicted octanol–water partition coefficient (Wildman–Crippen LogP) is 0.517. The number of hydrogen-bond donors (Lipinski definition) is 1. The summed E-state index contributed by atoms with van der Waals surface area (Å²) in [5, 5.41) is 10.6. The van der Waals surface area contributed by atoms with Crippen LogP contribution in [0.25, 0.3) is 10.3 Å². The minimum atomic E-state index is -0.206. The molecule has 8 heteroatoms. The molecule has 2 aromatic heterocycles. The van der Waals surface area contributed by atoms with Crippen molar-refractivity contribution in [3.05, 3.63) is 22.3 Å². The van der Waals surface area contributed by atoms with Crippen LogP contribution in [0.2, 0.25) is 0 Å². The van der Waals surface area contributed by atoms with Crippen LogP contribution in [0.1, 0.15) is 16.1 Å². The Morgan fingerprint density at radius 1 is 1.28 bits per heavy atom. The maximum Gasteiger partial charge on any atom is 0.272 e. The first-order valence-electron chi connectivity index (χ1n) is 8.58. The van der Waals surface area contributed by atoms with Gasteiger partial charge in [-0.25, -0.2) is 9.97 Å². The molecule has 3 aliphatic rings. The molecule has 1 amide bonds. The first-order chi connectivity index (χ1) is 11.9. The number of piperazine rings is 3. The number of thiazole rings is 1. The standard InChI is InChI=1S/C17H21N6OS/c1-12-21-16-14(8-18)13(9-20-17(16)25-12)10-22-2-5-23(6-3-22,7-4-22)11-15(19)24/h9H,2-7,10-11H2,1H3,(H-,19,24)/q+1/p+1. The van der Waals surface area contributed by atoms with Crippen LogP contribution in [0.3, 0.4) is 0 Å². The van der Waals surface area contributed by atoms with Crippen LogP contribution in [0.5, 0.6) is 0 Å². The molecule has 5 rings (SSSR count). The molecule has 2 N–H and O–H groups in total. The molecular formula is C17H22N6OS+2. The van der Waals surface area contributed by atoms with Crippen LogP contribution in [0.4, 0.5) is 0 Å². The number of aromatic nitrogens is 2. The van der Waals surface area contributed by atoms with Gasteiger partial charge in [0.1, 0.15) is 62.2 Å². The van der Waals surface area contributed by atoms with Gasteiger partial charge in [-0.05, 0) is 6.92 Å². The Labute approximate surface area is 150 Å². The van der Waals surface area contributed by atoms with E-state index in [1.807, 2.05) is 13.1 Å². The van der Waals surface area contributed by atoms with Crippen LogP contribution < -0.4 is 5.73 Å². The van der Waals surface area contributed by atoms with Crippen LogP contribution in [0.15, 0.2) is 6.20 Å². The maximum atomic E-state index is 11.4. The lowest BCUT2D eigenvalue weighted by Crippen LogP contribution is -2.75. The van der Waals surface area contributed by atoms with Crippen LogP contribution in [-0.4, -0.2) is 70.7 Å². The summed E-state index contributed by atoms with van der Waals surface area (Å²) in [6, 6.07) is 2.36. The van der Waals surface area contributed by atoms with Crippen molar-refractivity contribution in [3.8, 4) is 6.07 Å². The van der Waals surface area contributed by atoms with Gasteiger partial charge in [-0.15, -0.1) is 0 Å². The number of quaternary nitrogens is 2. The number of hydrogen-bond acceptors (Lipinski definition) is 5. The zero-order valence-electron chi connectivity index (χ0n) is 14.4. The van der Waals surface area contributed by atoms with Gasteiger partial charge in [0, 0.05) is 11.8 Å². The van der Waals surface area contributed by atoms with Crippen molar-refractivity contribution >= 4 is 27.6 Å². The molecule has 2 bridgehead atoms. The molecule has 0 radical (unpaired) electrons. The van der Waals surface area contributed by atoms with Gasteiger partial charge in [0.15, 0.2) is 6.54 Å². The number of amides is 1. The summed E-state index contributed by atoms with van der Waals surface area (Å²) in [4.78, 5) is 21.3. The summed E-state index contributed by atoms with van der Waals surface area (Å²) in [7, 11) is 0. The fraction of sp³-hybridized carbons (Fsp3) is 0.529. The average Bonchev–Trinajstić information content (AvgIpc) is 2.96. The van der Waals surface area contributed by atoms with E-state index in [9.17, 15) is 10.1 Å². The molecule has 7 nitrogen and oxygen atoms in total. The number of primary amides is 1. The SMILES string of the molecule is Cc1nc2c(C#N)c(C[N+]34CC[N+](CC(N)=O)(CC3)CC4)cnc2s1. The number of nitrogens with two attached hydrogens (primary N) is 1. The summed E-state index contributed by atoms with van der Waals surface area (Å²) in [5.74, 6) is -0.206. The van der Waals surface area contributed by atoms with E-state index in [-0.39, 0.29) is 5.91 Å². The van der Waals surface area contributed by atoms with E-state index in [2.05, 4.69) is 16.0 Å². The molecule has 2 aromatic rings. The monoisotopic (exact) mass is 358 g/mol. The number of nitrogens with zero attached hydrogens (tertiary/aromatic N) is 5. The Balaban J connectivity index is 1.61. The molecule has 3 fully saturated rings. The average molecular weight is 358 g/mol. The van der Waals surface area contributed by atoms with Crippen molar-refractivity contribution in [3.63, 3.8) is 0 Å². The highest BCUT2D eigenvalue weighted by molar-refractivity contribution is 7.18. The molecule has 0 saturated carbocycles. The fourth-order valence-electron chi connectivity index (χ4n) is 4.37. The topological polar surface area (TPSA) is 92.7 Å². The van der Waals surface area contributed by atoms with E-state index in [1.165, 1.54) is 11.3 Å². The summed E-state index contributed by atoms with van der Waals surface area (Å²) in [6.07, 6.45) is 1.86. The Morgan fingerprint density at radius 3 is 2.52 bits per heavy atom. The summed E-state index contributed by atoms with van der Waals surface area (Å²) >= 11 is 1.53. The fourth-order valence-corrected chi connectivity index (χ4v) is 5.14. The maximum absolute atomic E-state index is 11.4. The largest absolute Gasteiger partial charge is 0.365 e. The minimum absolute atomic E-state index is 0.206. The molecule has 0 spiro atoms. The smallest absolute Gasteiger partial charge is 0.272 e. The molecule has 3 saturated heterocycles. The second kappa shape index (κ2) is 5.73. The zero-order valence-corrected chi connectivity index (χ0v) is 15.2. The van der Waals surface area contributed by atoms with Crippen molar-refractivity contribution in [1.29, 1.82) is 5.26 Å². The highest BCUT2D eigenvalue weighted by atomic mass is 32.1. The van der Waals surface area contributed by atoms with Gasteiger partial charge in [-0.1, -0.05) is 11.3 Å². The second-order valence-corrected chi connectivity index (χ2v) is 8.65. The lowest BCUT2D eigenvalue weighted by molar-refractivity contribution is -1.08. The zero-order chi connectivity index (χ0) is 17.7. The van der Waals surface area contributed by atoms with E-state index < -0.39 is 0 Å². The molecule has 3 aliphatic heterocycles. The van der Waals surface area contributed by atoms with Gasteiger partial charge in [0.2, 0.25) is 0 Å². The van der Waals surface area contributed by atoms with Crippen molar-refractivity contribution in [1.82, 2.24) is 9.97 Å². The minimum Gasteiger partial charge on any atom is -0.365 e. The molecule has 5 heterocycles. The number of pyridine rings is 1. The van der Waals surface area contributed by atoms with Gasteiger partial charge in [-0.2, -0.15) is 5.26 Å². The van der Waals surface area contributed by atoms with Crippen LogP contribution in [-0.2, 0) is 11.3 Å². The number of aryl methyl sites for hydroxylation is 1. The molecule has 0 atom stereocenters. The van der Waals surface area contributed by atoms with E-state index in [0.29, 0.717) is 12.1 Å². The Kier molecular flexibility index (Phi) is 3.76. The van der Waals surface area contributed by atoms with E-state index in [4.69, 9.17) is 5.73 Å². The summed E-state index contributed by atoms with van der Waals surface area (Å²) < 4.78 is 1.81. The van der Waals surface area contributed by atoms with Crippen molar-refractivity contribution in [2.24, 2.45) is 5.73 Å². The number of rotatable bonds is 4. The third-order valence-corrected chi connectivity index (χ3v) is 6.75. The van der Waals surface area contributed by atoms with Gasteiger partial charge in [0.05, 0.1) is 10.6 Å². The van der Waals surface area contributed by atoms with Crippen molar-refractivity contribution < 1.29 is 13.8 Å². The molecule has 25 heavy (non-hydrogen) atoms. The Morgan fingerprint density at radius 2 is 1.92 bits per heavy atom. The number of fused-ring (bicyclic) bond motifs is 4. The molecule has 130 valence electrons. The highest BCUT2D eigenvalue weighted by Gasteiger charge is 2.49. The van der Waals surface area contributed by atoms with Gasteiger partial charge in [-0.3, -0.25) is 4.79 Å². The van der Waals surface area contributed by atoms with Crippen molar-refractivity contribution in [2.45, 2.75) is 13.5 Å². The summed E-state index contributed by atoms with van der Waals surface area (Å²) in [6.45, 7) is 9.22. The first kappa shape index (κ1) is 16.4. The van der Waals surface area contributed by atoms with Gasteiger partial charge in [0.25, 0.3) is 5.91 Å². The number of carbonyl (C=O) groups is 1. The van der Waals surface area contributed by atoms with Crippen molar-refractivity contribution in [2.75, 3.05) is 45.8 Å². The van der Waals surface area contributed by atoms with Crippen LogP contribution >= 0.6 is 11.3 Å². The van der Waals surface area contributed by atoms with Gasteiger partial charge >= 0.3 is 0 Å². The third kappa shape index (κ3) is 2.78. The first-order valence-corrected chi connectivity index (χ1v) is 9.40. The Bertz CT molecular complexity index is 874. The Hall–Kier alpha value is -2.08. The van der Waals surface area contributed by atoms with E-state index in [0.717, 1.165) is 75.7 Å². The lowest BCUT2D eigenvalue weighted by atomic mass is 10.0. The lowest BCUT2D eigenvalue weighted by Gasteiger charge is -2.55.